The summed E-state index contributed by atoms with van der Waals surface area (Å²) in [5, 5.41) is 7.27. The highest BCUT2D eigenvalue weighted by Gasteiger charge is 2.19. The van der Waals surface area contributed by atoms with E-state index < -0.39 is 0 Å². The van der Waals surface area contributed by atoms with E-state index in [2.05, 4.69) is 41.3 Å². The van der Waals surface area contributed by atoms with Crippen LogP contribution in [-0.2, 0) is 6.42 Å². The summed E-state index contributed by atoms with van der Waals surface area (Å²) < 4.78 is 0. The number of nitrogens with one attached hydrogen (secondary N) is 2. The number of hydrogen-bond acceptors (Lipinski definition) is 3. The Bertz CT molecular complexity index is 523. The molecule has 25 heavy (non-hydrogen) atoms. The zero-order valence-electron chi connectivity index (χ0n) is 15.8. The molecule has 1 aromatic rings. The molecular formula is C19H32ClN5. The molecule has 140 valence electrons. The Kier molecular flexibility index (Phi) is 8.49. The predicted molar refractivity (Wildman–Crippen MR) is 106 cm³/mol. The minimum Gasteiger partial charge on any atom is -0.357 e. The molecule has 1 saturated heterocycles. The Morgan fingerprint density at radius 2 is 2.12 bits per heavy atom. The average molecular weight is 366 g/mol. The number of aromatic nitrogens is 1. The van der Waals surface area contributed by atoms with Gasteiger partial charge in [0, 0.05) is 25.3 Å². The fourth-order valence-electron chi connectivity index (χ4n) is 3.03. The Morgan fingerprint density at radius 1 is 1.36 bits per heavy atom. The van der Waals surface area contributed by atoms with E-state index >= 15 is 0 Å². The molecule has 0 radical (unpaired) electrons. The number of guanidine groups is 1. The lowest BCUT2D eigenvalue weighted by Gasteiger charge is -2.34. The summed E-state index contributed by atoms with van der Waals surface area (Å²) in [5.74, 6) is 1.76. The molecular weight excluding hydrogens is 334 g/mol. The highest BCUT2D eigenvalue weighted by atomic mass is 35.5. The number of likely N-dealkylation sites (tertiary alicyclic amines) is 1. The zero-order chi connectivity index (χ0) is 18.1. The van der Waals surface area contributed by atoms with Crippen LogP contribution in [0.4, 0.5) is 0 Å². The third-order valence-corrected chi connectivity index (χ3v) is 5.02. The summed E-state index contributed by atoms with van der Waals surface area (Å²) in [7, 11) is 0. The number of piperidine rings is 1. The van der Waals surface area contributed by atoms with Crippen LogP contribution in [0.15, 0.2) is 23.3 Å². The normalized spacial score (nSPS) is 18.2. The van der Waals surface area contributed by atoms with Crippen LogP contribution in [0.3, 0.4) is 0 Å². The van der Waals surface area contributed by atoms with Crippen molar-refractivity contribution in [1.29, 1.82) is 0 Å². The molecule has 2 N–H and O–H groups in total. The van der Waals surface area contributed by atoms with Crippen LogP contribution in [0.2, 0.25) is 5.15 Å². The fourth-order valence-corrected chi connectivity index (χ4v) is 3.14. The second kappa shape index (κ2) is 10.6. The van der Waals surface area contributed by atoms with Crippen molar-refractivity contribution in [3.8, 4) is 0 Å². The van der Waals surface area contributed by atoms with Gasteiger partial charge in [-0.1, -0.05) is 24.6 Å². The maximum absolute atomic E-state index is 5.82. The van der Waals surface area contributed by atoms with E-state index in [-0.39, 0.29) is 0 Å². The van der Waals surface area contributed by atoms with Gasteiger partial charge in [-0.05, 0) is 63.7 Å². The summed E-state index contributed by atoms with van der Waals surface area (Å²) in [6.45, 7) is 11.6. The zero-order valence-corrected chi connectivity index (χ0v) is 16.5. The van der Waals surface area contributed by atoms with Crippen molar-refractivity contribution in [2.75, 3.05) is 32.7 Å². The van der Waals surface area contributed by atoms with Crippen LogP contribution in [0.25, 0.3) is 0 Å². The van der Waals surface area contributed by atoms with Gasteiger partial charge >= 0.3 is 0 Å². The average Bonchev–Trinajstić information content (AvgIpc) is 2.61. The number of pyridine rings is 1. The lowest BCUT2D eigenvalue weighted by molar-refractivity contribution is 0.150. The van der Waals surface area contributed by atoms with Gasteiger partial charge < -0.3 is 10.6 Å². The number of nitrogens with zero attached hydrogens (tertiary/aromatic N) is 3. The first-order valence-electron chi connectivity index (χ1n) is 9.45. The summed E-state index contributed by atoms with van der Waals surface area (Å²) in [6, 6.07) is 4.33. The first-order valence-corrected chi connectivity index (χ1v) is 9.83. The molecule has 0 aromatic carbocycles. The SMILES string of the molecule is CCNC(=NCC(C)N1CCC(C)CC1)NCCc1ccc(Cl)nc1. The monoisotopic (exact) mass is 365 g/mol. The molecule has 2 rings (SSSR count). The van der Waals surface area contributed by atoms with Crippen LogP contribution < -0.4 is 10.6 Å². The molecule has 0 amide bonds. The Balaban J connectivity index is 1.77. The van der Waals surface area contributed by atoms with Crippen molar-refractivity contribution >= 4 is 17.6 Å². The van der Waals surface area contributed by atoms with E-state index in [1.807, 2.05) is 18.3 Å². The molecule has 1 unspecified atom stereocenters. The fraction of sp³-hybridized carbons (Fsp3) is 0.684. The Hall–Kier alpha value is -1.33. The molecule has 0 aliphatic carbocycles. The summed E-state index contributed by atoms with van der Waals surface area (Å²) in [6.07, 6.45) is 5.34. The molecule has 2 heterocycles. The van der Waals surface area contributed by atoms with Gasteiger partial charge in [-0.15, -0.1) is 0 Å². The van der Waals surface area contributed by atoms with Crippen LogP contribution in [0, 0.1) is 5.92 Å². The topological polar surface area (TPSA) is 52.6 Å². The lowest BCUT2D eigenvalue weighted by atomic mass is 9.98. The standard InChI is InChI=1S/C19H32ClN5/c1-4-21-19(22-10-7-17-5-6-18(20)23-14-17)24-13-16(3)25-11-8-15(2)9-12-25/h5-6,14-16H,4,7-13H2,1-3H3,(H2,21,22,24). The minimum absolute atomic E-state index is 0.489. The smallest absolute Gasteiger partial charge is 0.191 e. The molecule has 5 nitrogen and oxygen atoms in total. The van der Waals surface area contributed by atoms with E-state index in [1.54, 1.807) is 0 Å². The largest absolute Gasteiger partial charge is 0.357 e. The van der Waals surface area contributed by atoms with Crippen LogP contribution in [0.1, 0.15) is 39.2 Å². The number of hydrogen-bond donors (Lipinski definition) is 2. The maximum Gasteiger partial charge on any atom is 0.191 e. The number of rotatable bonds is 7. The van der Waals surface area contributed by atoms with Gasteiger partial charge in [-0.3, -0.25) is 9.89 Å². The second-order valence-corrected chi connectivity index (χ2v) is 7.34. The van der Waals surface area contributed by atoms with Gasteiger partial charge in [-0.25, -0.2) is 4.98 Å². The summed E-state index contributed by atoms with van der Waals surface area (Å²) in [5.41, 5.74) is 1.17. The first kappa shape index (κ1) is 20.0. The molecule has 1 aliphatic heterocycles. The highest BCUT2D eigenvalue weighted by Crippen LogP contribution is 2.17. The van der Waals surface area contributed by atoms with Crippen molar-refractivity contribution in [2.45, 2.75) is 46.1 Å². The summed E-state index contributed by atoms with van der Waals surface area (Å²) in [4.78, 5) is 11.4. The quantitative estimate of drug-likeness (QED) is 0.443. The van der Waals surface area contributed by atoms with Gasteiger partial charge in [0.25, 0.3) is 0 Å². The number of aliphatic imine (C=N–C) groups is 1. The van der Waals surface area contributed by atoms with Gasteiger partial charge in [0.15, 0.2) is 5.96 Å². The highest BCUT2D eigenvalue weighted by molar-refractivity contribution is 6.29. The molecule has 1 aliphatic rings. The third kappa shape index (κ3) is 7.20. The minimum atomic E-state index is 0.489. The van der Waals surface area contributed by atoms with Crippen LogP contribution >= 0.6 is 11.6 Å². The third-order valence-electron chi connectivity index (χ3n) is 4.79. The van der Waals surface area contributed by atoms with Crippen molar-refractivity contribution < 1.29 is 0 Å². The van der Waals surface area contributed by atoms with E-state index in [1.165, 1.54) is 31.5 Å². The maximum atomic E-state index is 5.82. The van der Waals surface area contributed by atoms with E-state index in [0.717, 1.165) is 37.9 Å². The lowest BCUT2D eigenvalue weighted by Crippen LogP contribution is -2.43. The molecule has 1 aromatic heterocycles. The van der Waals surface area contributed by atoms with Gasteiger partial charge in [0.1, 0.15) is 5.15 Å². The Morgan fingerprint density at radius 3 is 2.76 bits per heavy atom. The molecule has 0 bridgehead atoms. The number of halogens is 1. The van der Waals surface area contributed by atoms with Crippen LogP contribution in [-0.4, -0.2) is 54.6 Å². The van der Waals surface area contributed by atoms with Gasteiger partial charge in [0.05, 0.1) is 6.54 Å². The molecule has 0 saturated carbocycles. The molecule has 1 atom stereocenters. The molecule has 0 spiro atoms. The van der Waals surface area contributed by atoms with E-state index in [4.69, 9.17) is 16.6 Å². The first-order chi connectivity index (χ1) is 12.1. The van der Waals surface area contributed by atoms with E-state index in [9.17, 15) is 0 Å². The van der Waals surface area contributed by atoms with Crippen molar-refractivity contribution in [3.05, 3.63) is 29.0 Å². The molecule has 1 fully saturated rings. The van der Waals surface area contributed by atoms with Crippen molar-refractivity contribution in [3.63, 3.8) is 0 Å². The van der Waals surface area contributed by atoms with Crippen molar-refractivity contribution in [1.82, 2.24) is 20.5 Å². The Labute approximate surface area is 157 Å². The van der Waals surface area contributed by atoms with Gasteiger partial charge in [0.2, 0.25) is 0 Å². The summed E-state index contributed by atoms with van der Waals surface area (Å²) >= 11 is 5.82. The van der Waals surface area contributed by atoms with Gasteiger partial charge in [-0.2, -0.15) is 0 Å². The molecule has 6 heteroatoms. The second-order valence-electron chi connectivity index (χ2n) is 6.95. The predicted octanol–water partition coefficient (Wildman–Crippen LogP) is 2.95. The van der Waals surface area contributed by atoms with E-state index in [0.29, 0.717) is 11.2 Å². The van der Waals surface area contributed by atoms with Crippen LogP contribution in [0.5, 0.6) is 0 Å². The van der Waals surface area contributed by atoms with Crippen molar-refractivity contribution in [2.24, 2.45) is 10.9 Å².